The highest BCUT2D eigenvalue weighted by Crippen LogP contribution is 2.24. The van der Waals surface area contributed by atoms with Crippen molar-refractivity contribution in [3.8, 4) is 5.75 Å². The number of benzene rings is 2. The van der Waals surface area contributed by atoms with Gasteiger partial charge in [-0.05, 0) is 18.2 Å². The number of aromatic nitrogens is 3. The Bertz CT molecular complexity index is 998. The van der Waals surface area contributed by atoms with Crippen LogP contribution in [0.5, 0.6) is 5.75 Å². The van der Waals surface area contributed by atoms with E-state index in [2.05, 4.69) is 10.2 Å². The number of amides is 1. The third-order valence-corrected chi connectivity index (χ3v) is 5.55. The SMILES string of the molecule is CN(Cc1ccccc1F)C(=O)CSc1nnc(COc2ccccc2Cl)n1C. The first-order valence-electron chi connectivity index (χ1n) is 8.81. The molecule has 0 fully saturated rings. The smallest absolute Gasteiger partial charge is 0.233 e. The molecule has 1 amide bonds. The third kappa shape index (κ3) is 5.48. The van der Waals surface area contributed by atoms with Crippen LogP contribution in [0.1, 0.15) is 11.4 Å². The molecular weight excluding hydrogens is 415 g/mol. The number of carbonyl (C=O) groups is 1. The molecule has 0 spiro atoms. The Kier molecular flexibility index (Phi) is 7.11. The number of halogens is 2. The minimum absolute atomic E-state index is 0.130. The van der Waals surface area contributed by atoms with Crippen LogP contribution in [-0.2, 0) is 25.0 Å². The number of para-hydroxylation sites is 1. The van der Waals surface area contributed by atoms with E-state index >= 15 is 0 Å². The standard InChI is InChI=1S/C20H20ClFN4O2S/c1-25(11-14-7-3-5-9-16(14)22)19(27)13-29-20-24-23-18(26(20)2)12-28-17-10-6-4-8-15(17)21/h3-10H,11-13H2,1-2H3. The molecule has 1 aromatic heterocycles. The van der Waals surface area contributed by atoms with E-state index in [9.17, 15) is 9.18 Å². The Labute approximate surface area is 177 Å². The van der Waals surface area contributed by atoms with E-state index in [1.165, 1.54) is 22.7 Å². The van der Waals surface area contributed by atoms with Gasteiger partial charge in [0, 0.05) is 26.2 Å². The van der Waals surface area contributed by atoms with Gasteiger partial charge >= 0.3 is 0 Å². The predicted octanol–water partition coefficient (Wildman–Crippen LogP) is 3.94. The summed E-state index contributed by atoms with van der Waals surface area (Å²) in [5.41, 5.74) is 0.478. The van der Waals surface area contributed by atoms with Gasteiger partial charge in [0.2, 0.25) is 5.91 Å². The van der Waals surface area contributed by atoms with Gasteiger partial charge in [0.1, 0.15) is 18.2 Å². The first kappa shape index (κ1) is 21.1. The normalized spacial score (nSPS) is 10.8. The van der Waals surface area contributed by atoms with Gasteiger partial charge in [0.15, 0.2) is 11.0 Å². The summed E-state index contributed by atoms with van der Waals surface area (Å²) < 4.78 is 21.2. The van der Waals surface area contributed by atoms with Crippen molar-refractivity contribution >= 4 is 29.3 Å². The molecule has 0 saturated heterocycles. The summed E-state index contributed by atoms with van der Waals surface area (Å²) in [4.78, 5) is 13.9. The number of nitrogens with zero attached hydrogens (tertiary/aromatic N) is 4. The zero-order valence-electron chi connectivity index (χ0n) is 16.0. The Hall–Kier alpha value is -2.58. The number of rotatable bonds is 8. The summed E-state index contributed by atoms with van der Waals surface area (Å²) in [6.45, 7) is 0.413. The molecule has 0 atom stereocenters. The first-order valence-corrected chi connectivity index (χ1v) is 10.2. The largest absolute Gasteiger partial charge is 0.484 e. The molecule has 6 nitrogen and oxygen atoms in total. The van der Waals surface area contributed by atoms with Crippen LogP contribution >= 0.6 is 23.4 Å². The lowest BCUT2D eigenvalue weighted by atomic mass is 10.2. The maximum Gasteiger partial charge on any atom is 0.233 e. The maximum absolute atomic E-state index is 13.8. The Morgan fingerprint density at radius 2 is 1.93 bits per heavy atom. The fraction of sp³-hybridized carbons (Fsp3) is 0.250. The molecule has 152 valence electrons. The highest BCUT2D eigenvalue weighted by Gasteiger charge is 2.16. The zero-order valence-corrected chi connectivity index (χ0v) is 17.6. The fourth-order valence-electron chi connectivity index (χ4n) is 2.51. The van der Waals surface area contributed by atoms with Crippen LogP contribution < -0.4 is 4.74 Å². The molecule has 0 bridgehead atoms. The number of thioether (sulfide) groups is 1. The summed E-state index contributed by atoms with van der Waals surface area (Å²) in [6, 6.07) is 13.6. The van der Waals surface area contributed by atoms with Crippen molar-refractivity contribution in [1.29, 1.82) is 0 Å². The molecule has 0 aliphatic rings. The molecule has 3 aromatic rings. The van der Waals surface area contributed by atoms with Gasteiger partial charge in [0.05, 0.1) is 10.8 Å². The first-order chi connectivity index (χ1) is 14.0. The van der Waals surface area contributed by atoms with Gasteiger partial charge in [-0.1, -0.05) is 53.7 Å². The minimum Gasteiger partial charge on any atom is -0.484 e. The molecule has 0 saturated carbocycles. The van der Waals surface area contributed by atoms with Gasteiger partial charge in [-0.25, -0.2) is 4.39 Å². The lowest BCUT2D eigenvalue weighted by molar-refractivity contribution is -0.127. The van der Waals surface area contributed by atoms with E-state index < -0.39 is 0 Å². The van der Waals surface area contributed by atoms with Crippen LogP contribution in [0.4, 0.5) is 4.39 Å². The lowest BCUT2D eigenvalue weighted by Crippen LogP contribution is -2.28. The van der Waals surface area contributed by atoms with Crippen LogP contribution in [0.25, 0.3) is 0 Å². The monoisotopic (exact) mass is 434 g/mol. The van der Waals surface area contributed by atoms with Crippen LogP contribution in [0.2, 0.25) is 5.02 Å². The molecule has 29 heavy (non-hydrogen) atoms. The van der Waals surface area contributed by atoms with E-state index in [0.29, 0.717) is 27.3 Å². The molecule has 0 radical (unpaired) electrons. The van der Waals surface area contributed by atoms with Crippen LogP contribution in [0.3, 0.4) is 0 Å². The van der Waals surface area contributed by atoms with Crippen molar-refractivity contribution in [3.63, 3.8) is 0 Å². The van der Waals surface area contributed by atoms with Crippen LogP contribution in [-0.4, -0.2) is 38.4 Å². The topological polar surface area (TPSA) is 60.3 Å². The van der Waals surface area contributed by atoms with Crippen molar-refractivity contribution in [2.75, 3.05) is 12.8 Å². The number of carbonyl (C=O) groups excluding carboxylic acids is 1. The summed E-state index contributed by atoms with van der Waals surface area (Å²) >= 11 is 7.35. The van der Waals surface area contributed by atoms with Gasteiger partial charge in [-0.15, -0.1) is 10.2 Å². The predicted molar refractivity (Wildman–Crippen MR) is 110 cm³/mol. The Balaban J connectivity index is 1.53. The van der Waals surface area contributed by atoms with E-state index in [4.69, 9.17) is 16.3 Å². The van der Waals surface area contributed by atoms with Crippen molar-refractivity contribution in [2.24, 2.45) is 7.05 Å². The molecule has 2 aromatic carbocycles. The van der Waals surface area contributed by atoms with Crippen LogP contribution in [0, 0.1) is 5.82 Å². The number of ether oxygens (including phenoxy) is 1. The highest BCUT2D eigenvalue weighted by atomic mass is 35.5. The van der Waals surface area contributed by atoms with Gasteiger partial charge in [0.25, 0.3) is 0 Å². The second-order valence-electron chi connectivity index (χ2n) is 6.31. The molecule has 1 heterocycles. The Morgan fingerprint density at radius 3 is 2.69 bits per heavy atom. The molecule has 0 unspecified atom stereocenters. The summed E-state index contributed by atoms with van der Waals surface area (Å²) in [6.07, 6.45) is 0. The molecule has 9 heteroatoms. The van der Waals surface area contributed by atoms with Crippen molar-refractivity contribution in [1.82, 2.24) is 19.7 Å². The molecule has 0 N–H and O–H groups in total. The quantitative estimate of drug-likeness (QED) is 0.502. The van der Waals surface area contributed by atoms with Crippen molar-refractivity contribution in [3.05, 3.63) is 70.8 Å². The average Bonchev–Trinajstić information content (AvgIpc) is 3.06. The fourth-order valence-corrected chi connectivity index (χ4v) is 3.57. The van der Waals surface area contributed by atoms with Gasteiger partial charge in [-0.2, -0.15) is 0 Å². The second kappa shape index (κ2) is 9.76. The second-order valence-corrected chi connectivity index (χ2v) is 7.66. The molecular formula is C20H20ClFN4O2S. The van der Waals surface area contributed by atoms with Crippen LogP contribution in [0.15, 0.2) is 53.7 Å². The summed E-state index contributed by atoms with van der Waals surface area (Å²) in [7, 11) is 3.45. The van der Waals surface area contributed by atoms with Crippen molar-refractivity contribution in [2.45, 2.75) is 18.3 Å². The molecule has 0 aliphatic heterocycles. The zero-order chi connectivity index (χ0) is 20.8. The molecule has 0 aliphatic carbocycles. The van der Waals surface area contributed by atoms with E-state index in [0.717, 1.165) is 0 Å². The van der Waals surface area contributed by atoms with E-state index in [1.807, 2.05) is 12.1 Å². The summed E-state index contributed by atoms with van der Waals surface area (Å²) in [5.74, 6) is 0.893. The average molecular weight is 435 g/mol. The third-order valence-electron chi connectivity index (χ3n) is 4.23. The highest BCUT2D eigenvalue weighted by molar-refractivity contribution is 7.99. The summed E-state index contributed by atoms with van der Waals surface area (Å²) in [5, 5.41) is 9.34. The number of hydrogen-bond acceptors (Lipinski definition) is 5. The van der Waals surface area contributed by atoms with Gasteiger partial charge < -0.3 is 14.2 Å². The van der Waals surface area contributed by atoms with E-state index in [1.54, 1.807) is 49.0 Å². The lowest BCUT2D eigenvalue weighted by Gasteiger charge is -2.17. The number of hydrogen-bond donors (Lipinski definition) is 0. The van der Waals surface area contributed by atoms with Crippen molar-refractivity contribution < 1.29 is 13.9 Å². The molecule has 3 rings (SSSR count). The van der Waals surface area contributed by atoms with E-state index in [-0.39, 0.29) is 30.6 Å². The van der Waals surface area contributed by atoms with Gasteiger partial charge in [-0.3, -0.25) is 4.79 Å². The Morgan fingerprint density at radius 1 is 1.21 bits per heavy atom. The minimum atomic E-state index is -0.323. The maximum atomic E-state index is 13.8.